The summed E-state index contributed by atoms with van der Waals surface area (Å²) >= 11 is 14.8. The Balaban J connectivity index is 0.946. The number of aromatic carboxylic acids is 1. The maximum Gasteiger partial charge on any atom is 0.335 e. The van der Waals surface area contributed by atoms with Gasteiger partial charge in [-0.1, -0.05) is 45.8 Å². The van der Waals surface area contributed by atoms with E-state index < -0.39 is 5.97 Å². The van der Waals surface area contributed by atoms with Crippen LogP contribution in [0.4, 0.5) is 5.13 Å². The molecule has 8 nitrogen and oxygen atoms in total. The van der Waals surface area contributed by atoms with Gasteiger partial charge in [-0.25, -0.2) is 9.78 Å². The highest BCUT2D eigenvalue weighted by Crippen LogP contribution is 2.49. The number of ether oxygens (including phenoxy) is 2. The van der Waals surface area contributed by atoms with Crippen molar-refractivity contribution in [1.29, 1.82) is 0 Å². The molecule has 4 bridgehead atoms. The van der Waals surface area contributed by atoms with E-state index in [1.807, 2.05) is 30.3 Å². The average Bonchev–Trinajstić information content (AvgIpc) is 3.34. The lowest BCUT2D eigenvalue weighted by Gasteiger charge is -2.39. The number of piperidine rings is 1. The van der Waals surface area contributed by atoms with Crippen LogP contribution in [0.3, 0.4) is 0 Å². The highest BCUT2D eigenvalue weighted by molar-refractivity contribution is 7.22. The molecule has 5 fully saturated rings. The summed E-state index contributed by atoms with van der Waals surface area (Å²) in [5.74, 6) is 1.05. The van der Waals surface area contributed by atoms with Gasteiger partial charge in [0.15, 0.2) is 5.13 Å². The average molecular weight is 681 g/mol. The van der Waals surface area contributed by atoms with Crippen LogP contribution in [0.1, 0.15) is 96.9 Å². The first-order valence-electron chi connectivity index (χ1n) is 16.5. The Labute approximate surface area is 281 Å². The van der Waals surface area contributed by atoms with E-state index in [-0.39, 0.29) is 24.2 Å². The first-order valence-corrected chi connectivity index (χ1v) is 18.1. The van der Waals surface area contributed by atoms with E-state index in [0.717, 1.165) is 90.1 Å². The minimum Gasteiger partial charge on any atom is -0.478 e. The molecule has 1 unspecified atom stereocenters. The van der Waals surface area contributed by atoms with Crippen molar-refractivity contribution in [3.05, 3.63) is 62.8 Å². The lowest BCUT2D eigenvalue weighted by molar-refractivity contribution is -0.0896. The molecule has 5 aliphatic rings. The third-order valence-corrected chi connectivity index (χ3v) is 12.5. The molecule has 2 aromatic carbocycles. The summed E-state index contributed by atoms with van der Waals surface area (Å²) in [4.78, 5) is 19.8. The number of anilines is 1. The molecule has 11 heteroatoms. The van der Waals surface area contributed by atoms with Gasteiger partial charge in [0.25, 0.3) is 0 Å². The number of carboxylic acid groups (broad SMARTS) is 1. The van der Waals surface area contributed by atoms with Gasteiger partial charge in [-0.2, -0.15) is 0 Å². The van der Waals surface area contributed by atoms with Gasteiger partial charge in [-0.15, -0.1) is 0 Å². The zero-order valence-corrected chi connectivity index (χ0v) is 27.6. The molecule has 1 N–H and O–H groups in total. The van der Waals surface area contributed by atoms with Gasteiger partial charge in [-0.3, -0.25) is 0 Å². The van der Waals surface area contributed by atoms with Crippen LogP contribution in [0.5, 0.6) is 0 Å². The maximum atomic E-state index is 12.1. The normalized spacial score (nSPS) is 28.8. The Morgan fingerprint density at radius 1 is 1.04 bits per heavy atom. The van der Waals surface area contributed by atoms with Crippen molar-refractivity contribution in [2.24, 2.45) is 5.92 Å². The fourth-order valence-corrected chi connectivity index (χ4v) is 10.2. The molecule has 6 atom stereocenters. The summed E-state index contributed by atoms with van der Waals surface area (Å²) in [7, 11) is 0. The van der Waals surface area contributed by atoms with Crippen LogP contribution >= 0.6 is 34.5 Å². The number of thiazole rings is 1. The number of benzene rings is 2. The van der Waals surface area contributed by atoms with Gasteiger partial charge in [0.05, 0.1) is 50.7 Å². The topological polar surface area (TPSA) is 97.9 Å². The lowest BCUT2D eigenvalue weighted by Crippen LogP contribution is -2.38. The molecule has 2 aliphatic carbocycles. The number of fused-ring (bicyclic) bond motifs is 5. The molecule has 4 aromatic rings. The summed E-state index contributed by atoms with van der Waals surface area (Å²) in [5, 5.41) is 16.5. The number of nitrogens with zero attached hydrogens (tertiary/aromatic N) is 3. The highest BCUT2D eigenvalue weighted by Gasteiger charge is 2.47. The van der Waals surface area contributed by atoms with E-state index in [2.05, 4.69) is 10.1 Å². The van der Waals surface area contributed by atoms with Crippen molar-refractivity contribution in [3.63, 3.8) is 0 Å². The van der Waals surface area contributed by atoms with Crippen LogP contribution in [-0.2, 0) is 16.1 Å². The molecule has 3 aliphatic heterocycles. The summed E-state index contributed by atoms with van der Waals surface area (Å²) in [5.41, 5.74) is 4.74. The summed E-state index contributed by atoms with van der Waals surface area (Å²) in [6.45, 7) is 1.29. The number of hydrogen-bond acceptors (Lipinski definition) is 8. The van der Waals surface area contributed by atoms with Gasteiger partial charge < -0.3 is 24.0 Å². The van der Waals surface area contributed by atoms with Crippen molar-refractivity contribution >= 4 is 55.9 Å². The molecule has 46 heavy (non-hydrogen) atoms. The summed E-state index contributed by atoms with van der Waals surface area (Å²) in [6.07, 6.45) is 10.1. The largest absolute Gasteiger partial charge is 0.478 e. The van der Waals surface area contributed by atoms with Crippen molar-refractivity contribution < 1.29 is 23.9 Å². The van der Waals surface area contributed by atoms with Crippen molar-refractivity contribution in [2.75, 3.05) is 11.4 Å². The highest BCUT2D eigenvalue weighted by atomic mass is 35.5. The van der Waals surface area contributed by atoms with Gasteiger partial charge in [0.1, 0.15) is 11.5 Å². The van der Waals surface area contributed by atoms with Crippen molar-refractivity contribution in [2.45, 2.75) is 101 Å². The second-order valence-electron chi connectivity index (χ2n) is 13.8. The molecule has 9 rings (SSSR count). The monoisotopic (exact) mass is 679 g/mol. The number of rotatable bonds is 8. The Morgan fingerprint density at radius 3 is 2.52 bits per heavy atom. The molecule has 5 heterocycles. The summed E-state index contributed by atoms with van der Waals surface area (Å²) in [6, 6.07) is 9.51. The van der Waals surface area contributed by atoms with Crippen LogP contribution < -0.4 is 4.90 Å². The Bertz CT molecular complexity index is 1810. The zero-order chi connectivity index (χ0) is 31.1. The molecule has 0 amide bonds. The number of halogens is 2. The van der Waals surface area contributed by atoms with Crippen LogP contribution in [0.25, 0.3) is 21.5 Å². The Kier molecular flexibility index (Phi) is 7.35. The second-order valence-corrected chi connectivity index (χ2v) is 15.6. The number of hydrogen-bond donors (Lipinski definition) is 1. The number of carboxylic acids is 1. The van der Waals surface area contributed by atoms with Crippen LogP contribution in [-0.4, -0.2) is 52.1 Å². The van der Waals surface area contributed by atoms with E-state index in [9.17, 15) is 9.90 Å². The standard InChI is InChI=1S/C35H35Cl2N3O5S/c36-26-5-2-6-27(37)30(26)32-25(33(45-39-32)17-7-8-17)16-43-28-14-21-9-20(28)15-40(21)35-38-31-24(12-19(34(41)42)13-29(31)46-35)18-10-22-3-1-4-23(11-18)44-22/h2,5-6,12-13,17-18,20-23,28H,1,3-4,7-11,14-16H2,(H,41,42)/t18?,20-,21-,22-,23+,28+/m0/s1. The minimum absolute atomic E-state index is 0.128. The van der Waals surface area contributed by atoms with Gasteiger partial charge in [0, 0.05) is 35.5 Å². The van der Waals surface area contributed by atoms with Gasteiger partial charge >= 0.3 is 5.97 Å². The van der Waals surface area contributed by atoms with E-state index in [1.165, 1.54) is 6.42 Å². The van der Waals surface area contributed by atoms with E-state index >= 15 is 0 Å². The van der Waals surface area contributed by atoms with Crippen LogP contribution in [0.15, 0.2) is 34.9 Å². The predicted octanol–water partition coefficient (Wildman–Crippen LogP) is 8.83. The van der Waals surface area contributed by atoms with E-state index in [1.54, 1.807) is 11.3 Å². The molecule has 3 saturated heterocycles. The first kappa shape index (κ1) is 29.4. The molecule has 240 valence electrons. The second kappa shape index (κ2) is 11.5. The van der Waals surface area contributed by atoms with Crippen molar-refractivity contribution in [1.82, 2.24) is 10.1 Å². The SMILES string of the molecule is O=C(O)c1cc(C2C[C@H]3CCC[C@@H](C2)O3)c2nc(N3C[C@@H]4C[C@H]3C[C@H]4OCc3c(-c4c(Cl)cccc4Cl)noc3C3CC3)sc2c1. The fraction of sp³-hybridized carbons (Fsp3) is 0.514. The third-order valence-electron chi connectivity index (χ3n) is 10.9. The smallest absolute Gasteiger partial charge is 0.335 e. The molecule has 0 radical (unpaired) electrons. The van der Waals surface area contributed by atoms with Gasteiger partial charge in [0.2, 0.25) is 0 Å². The summed E-state index contributed by atoms with van der Waals surface area (Å²) < 4.78 is 19.7. The molecule has 2 aromatic heterocycles. The Hall–Kier alpha value is -2.69. The lowest BCUT2D eigenvalue weighted by atomic mass is 9.80. The molecular weight excluding hydrogens is 645 g/mol. The quantitative estimate of drug-likeness (QED) is 0.197. The van der Waals surface area contributed by atoms with Crippen molar-refractivity contribution in [3.8, 4) is 11.3 Å². The maximum absolute atomic E-state index is 12.1. The molecule has 0 spiro atoms. The third kappa shape index (κ3) is 5.14. The first-order chi connectivity index (χ1) is 22.4. The minimum atomic E-state index is -0.886. The molecule has 2 saturated carbocycles. The Morgan fingerprint density at radius 2 is 1.83 bits per heavy atom. The fourth-order valence-electron chi connectivity index (χ4n) is 8.50. The van der Waals surface area contributed by atoms with E-state index in [0.29, 0.717) is 51.4 Å². The number of carbonyl (C=O) groups is 1. The van der Waals surface area contributed by atoms with Crippen LogP contribution in [0.2, 0.25) is 10.0 Å². The van der Waals surface area contributed by atoms with Crippen LogP contribution in [0, 0.1) is 5.92 Å². The predicted molar refractivity (Wildman–Crippen MR) is 177 cm³/mol. The number of aromatic nitrogens is 2. The zero-order valence-electron chi connectivity index (χ0n) is 25.3. The molecular formula is C35H35Cl2N3O5S. The van der Waals surface area contributed by atoms with E-state index in [4.69, 9.17) is 42.2 Å². The van der Waals surface area contributed by atoms with Gasteiger partial charge in [-0.05, 0) is 93.5 Å².